The van der Waals surface area contributed by atoms with Crippen molar-refractivity contribution in [2.75, 3.05) is 13.1 Å². The van der Waals surface area contributed by atoms with Crippen LogP contribution in [0.1, 0.15) is 99.6 Å². The number of aliphatic carboxylic acids is 1. The molecule has 1 aliphatic heterocycles. The topological polar surface area (TPSA) is 110 Å². The number of alkyl halides is 4. The first-order valence-electron chi connectivity index (χ1n) is 18.5. The first-order chi connectivity index (χ1) is 24.3. The number of carboxylic acid groups (broad SMARTS) is 1. The van der Waals surface area contributed by atoms with Crippen LogP contribution in [0.3, 0.4) is 0 Å². The number of hydrogen-bond donors (Lipinski definition) is 2. The highest BCUT2D eigenvalue weighted by molar-refractivity contribution is 6.00. The molecule has 0 unspecified atom stereocenters. The van der Waals surface area contributed by atoms with Gasteiger partial charge in [-0.05, 0) is 106 Å². The van der Waals surface area contributed by atoms with E-state index < -0.39 is 40.5 Å². The largest absolute Gasteiger partial charge is 0.490 e. The Kier molecular flexibility index (Phi) is 7.55. The smallest absolute Gasteiger partial charge is 0.330 e. The zero-order valence-corrected chi connectivity index (χ0v) is 28.6. The number of halogens is 4. The molecule has 3 heterocycles. The lowest BCUT2D eigenvalue weighted by Crippen LogP contribution is -2.70. The molecule has 1 aromatic carbocycles. The summed E-state index contributed by atoms with van der Waals surface area (Å²) in [5.41, 5.74) is -1.23. The van der Waals surface area contributed by atoms with E-state index in [2.05, 4.69) is 19.9 Å². The quantitative estimate of drug-likeness (QED) is 0.226. The van der Waals surface area contributed by atoms with Gasteiger partial charge >= 0.3 is 5.97 Å². The van der Waals surface area contributed by atoms with E-state index in [9.17, 15) is 23.5 Å². The molecule has 51 heavy (non-hydrogen) atoms. The Morgan fingerprint density at radius 3 is 2.20 bits per heavy atom. The Morgan fingerprint density at radius 1 is 0.961 bits per heavy atom. The average Bonchev–Trinajstić information content (AvgIpc) is 3.84. The third kappa shape index (κ3) is 5.68. The lowest BCUT2D eigenvalue weighted by atomic mass is 9.48. The van der Waals surface area contributed by atoms with Gasteiger partial charge in [-0.15, -0.1) is 0 Å². The highest BCUT2D eigenvalue weighted by atomic mass is 19.3. The number of amides is 1. The molecule has 3 aromatic rings. The molecule has 0 radical (unpaired) electrons. The molecule has 2 aromatic heterocycles. The van der Waals surface area contributed by atoms with Crippen LogP contribution in [0.15, 0.2) is 30.6 Å². The second-order valence-electron chi connectivity index (χ2n) is 16.4. The molecular formula is C38H43F4N5O4. The zero-order valence-electron chi connectivity index (χ0n) is 28.6. The van der Waals surface area contributed by atoms with Crippen molar-refractivity contribution in [1.82, 2.24) is 24.8 Å². The van der Waals surface area contributed by atoms with Gasteiger partial charge in [0.2, 0.25) is 0 Å². The van der Waals surface area contributed by atoms with Crippen LogP contribution in [0.5, 0.6) is 5.75 Å². The first-order valence-corrected chi connectivity index (χ1v) is 18.5. The van der Waals surface area contributed by atoms with Crippen LogP contribution in [0.2, 0.25) is 0 Å². The minimum atomic E-state index is -3.50. The molecular weight excluding hydrogens is 666 g/mol. The van der Waals surface area contributed by atoms with Crippen molar-refractivity contribution in [3.63, 3.8) is 0 Å². The molecule has 2 N–H and O–H groups in total. The summed E-state index contributed by atoms with van der Waals surface area (Å²) in [5, 5.41) is 14.0. The van der Waals surface area contributed by atoms with E-state index in [0.717, 1.165) is 62.0 Å². The molecule has 272 valence electrons. The van der Waals surface area contributed by atoms with Gasteiger partial charge in [-0.2, -0.15) is 8.78 Å². The summed E-state index contributed by atoms with van der Waals surface area (Å²) >= 11 is 0. The molecule has 7 aliphatic rings. The van der Waals surface area contributed by atoms with Crippen LogP contribution in [0, 0.1) is 23.7 Å². The van der Waals surface area contributed by atoms with Gasteiger partial charge in [0.05, 0.1) is 30.3 Å². The van der Waals surface area contributed by atoms with Crippen molar-refractivity contribution < 1.29 is 37.0 Å². The molecule has 4 bridgehead atoms. The van der Waals surface area contributed by atoms with Gasteiger partial charge < -0.3 is 19.7 Å². The summed E-state index contributed by atoms with van der Waals surface area (Å²) in [6.07, 6.45) is 12.0. The molecule has 6 aliphatic carbocycles. The van der Waals surface area contributed by atoms with Gasteiger partial charge in [0.25, 0.3) is 17.8 Å². The van der Waals surface area contributed by atoms with Crippen molar-refractivity contribution in [3.8, 4) is 17.1 Å². The van der Waals surface area contributed by atoms with E-state index in [1.165, 1.54) is 0 Å². The maximum absolute atomic E-state index is 15.3. The minimum absolute atomic E-state index is 0.0280. The van der Waals surface area contributed by atoms with Crippen LogP contribution >= 0.6 is 0 Å². The predicted octanol–water partition coefficient (Wildman–Crippen LogP) is 7.20. The third-order valence-corrected chi connectivity index (χ3v) is 12.9. The Morgan fingerprint density at radius 2 is 1.61 bits per heavy atom. The van der Waals surface area contributed by atoms with E-state index in [1.807, 2.05) is 29.3 Å². The molecule has 9 nitrogen and oxygen atoms in total. The van der Waals surface area contributed by atoms with Crippen LogP contribution in [0.4, 0.5) is 17.6 Å². The van der Waals surface area contributed by atoms with Crippen molar-refractivity contribution in [2.24, 2.45) is 23.7 Å². The lowest BCUT2D eigenvalue weighted by Gasteiger charge is -2.59. The number of rotatable bonds is 9. The normalized spacial score (nSPS) is 32.9. The second kappa shape index (κ2) is 11.6. The lowest BCUT2D eigenvalue weighted by molar-refractivity contribution is -0.163. The number of likely N-dealkylation sites (tertiary alicyclic amines) is 1. The van der Waals surface area contributed by atoms with Gasteiger partial charge in [-0.3, -0.25) is 9.69 Å². The molecule has 7 fully saturated rings. The van der Waals surface area contributed by atoms with E-state index in [0.29, 0.717) is 55.8 Å². The Hall–Kier alpha value is -3.74. The summed E-state index contributed by atoms with van der Waals surface area (Å²) in [4.78, 5) is 37.3. The molecule has 10 rings (SSSR count). The highest BCUT2D eigenvalue weighted by Crippen LogP contribution is 2.58. The van der Waals surface area contributed by atoms with E-state index >= 15 is 8.78 Å². The maximum atomic E-state index is 15.3. The predicted molar refractivity (Wildman–Crippen MR) is 179 cm³/mol. The Balaban J connectivity index is 0.982. The fourth-order valence-corrected chi connectivity index (χ4v) is 10.5. The number of carboxylic acids is 1. The minimum Gasteiger partial charge on any atom is -0.490 e. The van der Waals surface area contributed by atoms with E-state index in [4.69, 9.17) is 4.74 Å². The number of fused-ring (bicyclic) bond motifs is 1. The Bertz CT molecular complexity index is 1860. The number of hydrogen-bond acceptors (Lipinski definition) is 6. The van der Waals surface area contributed by atoms with Gasteiger partial charge in [-0.25, -0.2) is 23.5 Å². The molecule has 0 spiro atoms. The molecule has 1 amide bonds. The van der Waals surface area contributed by atoms with Gasteiger partial charge in [-0.1, -0.05) is 0 Å². The van der Waals surface area contributed by atoms with E-state index in [1.54, 1.807) is 0 Å². The van der Waals surface area contributed by atoms with Gasteiger partial charge in [0.1, 0.15) is 17.0 Å². The molecule has 0 atom stereocenters. The third-order valence-electron chi connectivity index (χ3n) is 12.9. The number of aromatic nitrogens is 3. The standard InChI is InChI=1S/C38H43F4N5O4/c1-36(39,40)32-29(34(48)45-38(35(49)50)22-11-20-10-21(13-22)14-23(38)12-20)16-43-33(44-32)30-17-47(25-2-3-25)31-15-27(8-9-28(30)31)51-26-6-4-24(5-7-26)46-18-37(41,42)19-46/h8-9,15-17,20-26H,2-7,10-14,18-19H2,1H3,(H,45,48)(H,49,50). The Labute approximate surface area is 293 Å². The number of nitrogens with zero attached hydrogens (tertiary/aromatic N) is 4. The number of carbonyl (C=O) groups excluding carboxylic acids is 1. The number of carbonyl (C=O) groups is 2. The van der Waals surface area contributed by atoms with Crippen molar-refractivity contribution in [2.45, 2.75) is 113 Å². The number of nitrogens with one attached hydrogen (secondary N) is 1. The fraction of sp³-hybridized carbons (Fsp3) is 0.632. The van der Waals surface area contributed by atoms with Crippen LogP contribution in [-0.4, -0.2) is 73.1 Å². The van der Waals surface area contributed by atoms with Crippen LogP contribution in [-0.2, 0) is 10.7 Å². The van der Waals surface area contributed by atoms with Gasteiger partial charge in [0.15, 0.2) is 5.82 Å². The summed E-state index contributed by atoms with van der Waals surface area (Å²) in [6, 6.07) is 6.08. The average molecular weight is 710 g/mol. The van der Waals surface area contributed by atoms with Crippen LogP contribution in [0.25, 0.3) is 22.3 Å². The SMILES string of the molecule is CC(F)(F)c1nc(-c2cn(C3CC3)c3cc(OC4CCC(N5CC(F)(F)C5)CC4)ccc23)ncc1C(=O)NC1(C(=O)O)C2CC3CC(C2)CC1C3. The summed E-state index contributed by atoms with van der Waals surface area (Å²) in [6.45, 7) is 0.365. The van der Waals surface area contributed by atoms with E-state index in [-0.39, 0.29) is 48.9 Å². The summed E-state index contributed by atoms with van der Waals surface area (Å²) < 4.78 is 65.9. The fourth-order valence-electron chi connectivity index (χ4n) is 10.5. The first kappa shape index (κ1) is 33.1. The van der Waals surface area contributed by atoms with Gasteiger partial charge in [0, 0.05) is 48.4 Å². The monoisotopic (exact) mass is 709 g/mol. The van der Waals surface area contributed by atoms with Crippen LogP contribution < -0.4 is 10.1 Å². The van der Waals surface area contributed by atoms with Crippen molar-refractivity contribution in [1.29, 1.82) is 0 Å². The second-order valence-corrected chi connectivity index (χ2v) is 16.4. The van der Waals surface area contributed by atoms with Crippen molar-refractivity contribution >= 4 is 22.8 Å². The highest BCUT2D eigenvalue weighted by Gasteiger charge is 2.62. The number of ether oxygens (including phenoxy) is 1. The molecule has 1 saturated heterocycles. The summed E-state index contributed by atoms with van der Waals surface area (Å²) in [7, 11) is 0. The van der Waals surface area contributed by atoms with Crippen molar-refractivity contribution in [3.05, 3.63) is 41.9 Å². The maximum Gasteiger partial charge on any atom is 0.330 e. The molecule has 6 saturated carbocycles. The number of benzene rings is 1. The zero-order chi connectivity index (χ0) is 35.4. The summed E-state index contributed by atoms with van der Waals surface area (Å²) in [5.74, 6) is -6.90. The molecule has 13 heteroatoms.